The highest BCUT2D eigenvalue weighted by Gasteiger charge is 2.37. The zero-order valence-electron chi connectivity index (χ0n) is 29.2. The molecule has 8 rings (SSSR count). The predicted octanol–water partition coefficient (Wildman–Crippen LogP) is 6.60. The van der Waals surface area contributed by atoms with Crippen LogP contribution >= 0.6 is 0 Å². The molecule has 0 saturated carbocycles. The minimum absolute atomic E-state index is 0.116. The molecule has 2 fully saturated rings. The largest absolute Gasteiger partial charge is 0.453 e. The number of nitrogens with one attached hydrogen (secondary N) is 4. The molecule has 0 bridgehead atoms. The van der Waals surface area contributed by atoms with E-state index in [9.17, 15) is 14.4 Å². The monoisotopic (exact) mass is 709 g/mol. The predicted molar refractivity (Wildman–Crippen MR) is 197 cm³/mol. The first-order chi connectivity index (χ1) is 26.0. The van der Waals surface area contributed by atoms with Gasteiger partial charge in [-0.05, 0) is 53.5 Å². The molecule has 268 valence electrons. The molecule has 53 heavy (non-hydrogen) atoms. The molecule has 5 heterocycles. The van der Waals surface area contributed by atoms with Gasteiger partial charge in [0.25, 0.3) is 11.8 Å². The molecule has 6 aromatic rings. The summed E-state index contributed by atoms with van der Waals surface area (Å²) in [6.07, 6.45) is 9.56. The standard InChI is InChI=1S/C40H39N9O4/c1-53-40(52)47-34(29-7-3-2-4-8-29)38(50)48-21-5-9-32(48)35-43-23-30(45-35)27-15-11-25(12-16-27)26-13-17-28(18-14-26)31-24-44-36(46-31)33-10-6-22-49(33)39(51)37-41-19-20-42-37/h2-4,7-8,11-20,23-24,32-34H,5-6,9-10,21-22H2,1H3,(H,41,42)(H,43,45)(H,44,46)(H,47,52)/t32-,33-,34+/m0/s1. The summed E-state index contributed by atoms with van der Waals surface area (Å²) in [5.41, 5.74) is 6.57. The molecule has 13 nitrogen and oxygen atoms in total. The molecule has 0 spiro atoms. The number of nitrogens with zero attached hydrogens (tertiary/aromatic N) is 5. The van der Waals surface area contributed by atoms with Crippen molar-refractivity contribution in [3.05, 3.63) is 127 Å². The van der Waals surface area contributed by atoms with Crippen LogP contribution in [0.1, 0.15) is 71.6 Å². The van der Waals surface area contributed by atoms with E-state index in [-0.39, 0.29) is 23.9 Å². The highest BCUT2D eigenvalue weighted by molar-refractivity contribution is 5.91. The number of aromatic nitrogens is 6. The van der Waals surface area contributed by atoms with Crippen LogP contribution in [0.15, 0.2) is 104 Å². The minimum atomic E-state index is -0.870. The Bertz CT molecular complexity index is 2190. The molecule has 3 amide bonds. The van der Waals surface area contributed by atoms with Crippen molar-refractivity contribution < 1.29 is 19.1 Å². The van der Waals surface area contributed by atoms with Gasteiger partial charge in [0.05, 0.1) is 43.0 Å². The van der Waals surface area contributed by atoms with Crippen molar-refractivity contribution >= 4 is 17.9 Å². The van der Waals surface area contributed by atoms with E-state index in [0.717, 1.165) is 65.1 Å². The molecule has 3 aromatic carbocycles. The van der Waals surface area contributed by atoms with Crippen LogP contribution in [0, 0.1) is 0 Å². The molecule has 0 unspecified atom stereocenters. The lowest BCUT2D eigenvalue weighted by Crippen LogP contribution is -2.42. The van der Waals surface area contributed by atoms with Gasteiger partial charge in [0.1, 0.15) is 17.7 Å². The van der Waals surface area contributed by atoms with Gasteiger partial charge >= 0.3 is 6.09 Å². The van der Waals surface area contributed by atoms with Crippen LogP contribution in [0.2, 0.25) is 0 Å². The zero-order chi connectivity index (χ0) is 36.3. The number of hydrogen-bond donors (Lipinski definition) is 4. The fourth-order valence-electron chi connectivity index (χ4n) is 7.39. The van der Waals surface area contributed by atoms with E-state index in [0.29, 0.717) is 30.3 Å². The number of alkyl carbamates (subject to hydrolysis) is 1. The zero-order valence-corrected chi connectivity index (χ0v) is 29.2. The smallest absolute Gasteiger partial charge is 0.407 e. The van der Waals surface area contributed by atoms with Crippen LogP contribution in [0.5, 0.6) is 0 Å². The Morgan fingerprint density at radius 1 is 0.736 bits per heavy atom. The van der Waals surface area contributed by atoms with Crippen LogP contribution in [-0.4, -0.2) is 77.8 Å². The first kappa shape index (κ1) is 33.6. The maximum atomic E-state index is 13.9. The van der Waals surface area contributed by atoms with Crippen molar-refractivity contribution in [3.63, 3.8) is 0 Å². The van der Waals surface area contributed by atoms with Crippen LogP contribution in [0.4, 0.5) is 4.79 Å². The van der Waals surface area contributed by atoms with Gasteiger partial charge in [-0.25, -0.2) is 19.7 Å². The topological polar surface area (TPSA) is 165 Å². The van der Waals surface area contributed by atoms with E-state index in [2.05, 4.69) is 78.8 Å². The molecule has 3 aromatic heterocycles. The van der Waals surface area contributed by atoms with Gasteiger partial charge in [0, 0.05) is 25.5 Å². The minimum Gasteiger partial charge on any atom is -0.453 e. The quantitative estimate of drug-likeness (QED) is 0.131. The number of rotatable bonds is 9. The van der Waals surface area contributed by atoms with Crippen LogP contribution in [0.3, 0.4) is 0 Å². The number of H-pyrrole nitrogens is 3. The molecule has 0 radical (unpaired) electrons. The molecule has 4 N–H and O–H groups in total. The van der Waals surface area contributed by atoms with E-state index >= 15 is 0 Å². The van der Waals surface area contributed by atoms with Crippen molar-refractivity contribution in [2.24, 2.45) is 0 Å². The van der Waals surface area contributed by atoms with Gasteiger partial charge in [0.15, 0.2) is 5.82 Å². The Morgan fingerprint density at radius 2 is 1.28 bits per heavy atom. The average Bonchev–Trinajstić information content (AvgIpc) is 4.06. The Hall–Kier alpha value is -6.50. The lowest BCUT2D eigenvalue weighted by molar-refractivity contribution is -0.134. The number of carbonyl (C=O) groups excluding carboxylic acids is 3. The Labute approximate surface area is 305 Å². The van der Waals surface area contributed by atoms with Gasteiger partial charge in [-0.3, -0.25) is 9.59 Å². The molecule has 2 saturated heterocycles. The molecule has 2 aliphatic heterocycles. The normalized spacial score (nSPS) is 17.5. The van der Waals surface area contributed by atoms with Crippen LogP contribution < -0.4 is 5.32 Å². The number of hydrogen-bond acceptors (Lipinski definition) is 7. The van der Waals surface area contributed by atoms with Gasteiger partial charge in [-0.1, -0.05) is 78.9 Å². The van der Waals surface area contributed by atoms with E-state index < -0.39 is 12.1 Å². The first-order valence-corrected chi connectivity index (χ1v) is 17.8. The Balaban J connectivity index is 0.935. The first-order valence-electron chi connectivity index (χ1n) is 17.8. The van der Waals surface area contributed by atoms with Crippen molar-refractivity contribution in [2.75, 3.05) is 20.2 Å². The number of benzene rings is 3. The summed E-state index contributed by atoms with van der Waals surface area (Å²) in [4.78, 5) is 65.9. The summed E-state index contributed by atoms with van der Waals surface area (Å²) in [5.74, 6) is 1.51. The third-order valence-corrected chi connectivity index (χ3v) is 10.1. The summed E-state index contributed by atoms with van der Waals surface area (Å²) in [7, 11) is 1.28. The van der Waals surface area contributed by atoms with Crippen LogP contribution in [-0.2, 0) is 9.53 Å². The number of aromatic amines is 3. The lowest BCUT2D eigenvalue weighted by atomic mass is 10.0. The Kier molecular flexibility index (Phi) is 9.28. The Morgan fingerprint density at radius 3 is 1.83 bits per heavy atom. The van der Waals surface area contributed by atoms with E-state index in [1.165, 1.54) is 7.11 Å². The molecular weight excluding hydrogens is 670 g/mol. The number of imidazole rings is 3. The summed E-state index contributed by atoms with van der Waals surface area (Å²) >= 11 is 0. The summed E-state index contributed by atoms with van der Waals surface area (Å²) in [5, 5.41) is 2.71. The van der Waals surface area contributed by atoms with E-state index in [4.69, 9.17) is 9.72 Å². The van der Waals surface area contributed by atoms with Crippen molar-refractivity contribution in [1.82, 2.24) is 45.0 Å². The summed E-state index contributed by atoms with van der Waals surface area (Å²) in [6.45, 7) is 1.23. The van der Waals surface area contributed by atoms with Crippen molar-refractivity contribution in [2.45, 2.75) is 43.8 Å². The summed E-state index contributed by atoms with van der Waals surface area (Å²) < 4.78 is 4.82. The van der Waals surface area contributed by atoms with Crippen molar-refractivity contribution in [1.29, 1.82) is 0 Å². The second-order valence-corrected chi connectivity index (χ2v) is 13.3. The summed E-state index contributed by atoms with van der Waals surface area (Å²) in [6, 6.07) is 24.6. The maximum absolute atomic E-state index is 13.9. The fourth-order valence-corrected chi connectivity index (χ4v) is 7.39. The highest BCUT2D eigenvalue weighted by atomic mass is 16.5. The molecular formula is C40H39N9O4. The van der Waals surface area contributed by atoms with E-state index in [1.807, 2.05) is 41.4 Å². The number of likely N-dealkylation sites (tertiary alicyclic amines) is 2. The third-order valence-electron chi connectivity index (χ3n) is 10.1. The van der Waals surface area contributed by atoms with Gasteiger partial charge < -0.3 is 34.8 Å². The molecule has 13 heteroatoms. The third kappa shape index (κ3) is 6.80. The molecule has 2 aliphatic rings. The van der Waals surface area contributed by atoms with E-state index in [1.54, 1.807) is 23.5 Å². The number of carbonyl (C=O) groups is 3. The second kappa shape index (κ2) is 14.6. The molecule has 0 aliphatic carbocycles. The van der Waals surface area contributed by atoms with Gasteiger partial charge in [-0.15, -0.1) is 0 Å². The average molecular weight is 710 g/mol. The highest BCUT2D eigenvalue weighted by Crippen LogP contribution is 2.35. The lowest BCUT2D eigenvalue weighted by Gasteiger charge is -2.28. The number of methoxy groups -OCH3 is 1. The van der Waals surface area contributed by atoms with Gasteiger partial charge in [-0.2, -0.15) is 0 Å². The van der Waals surface area contributed by atoms with Crippen LogP contribution in [0.25, 0.3) is 33.6 Å². The number of ether oxygens (including phenoxy) is 1. The fraction of sp³-hybridized carbons (Fsp3) is 0.250. The van der Waals surface area contributed by atoms with Gasteiger partial charge in [0.2, 0.25) is 0 Å². The van der Waals surface area contributed by atoms with Crippen molar-refractivity contribution in [3.8, 4) is 33.6 Å². The SMILES string of the molecule is COC(=O)N[C@@H](C(=O)N1CCC[C@H]1c1ncc(-c2ccc(-c3ccc(-c4cnc([C@@H]5CCCN5C(=O)c5ncc[nH]5)[nH]4)cc3)cc2)[nH]1)c1ccccc1. The second-order valence-electron chi connectivity index (χ2n) is 13.3. The number of amides is 3. The molecule has 3 atom stereocenters. The maximum Gasteiger partial charge on any atom is 0.407 e.